The van der Waals surface area contributed by atoms with Gasteiger partial charge in [0.25, 0.3) is 0 Å². The first-order chi connectivity index (χ1) is 21.7. The van der Waals surface area contributed by atoms with Crippen molar-refractivity contribution in [3.05, 3.63) is 70.4 Å². The van der Waals surface area contributed by atoms with Crippen LogP contribution in [0.5, 0.6) is 0 Å². The van der Waals surface area contributed by atoms with Crippen molar-refractivity contribution < 1.29 is 50.6 Å². The quantitative estimate of drug-likeness (QED) is 0.286. The Hall–Kier alpha value is -4.23. The molecule has 11 nitrogen and oxygen atoms in total. The Morgan fingerprint density at radius 3 is 2.28 bits per heavy atom. The number of ether oxygens (including phenoxy) is 1. The highest BCUT2D eigenvalue weighted by molar-refractivity contribution is 9.09. The van der Waals surface area contributed by atoms with Crippen LogP contribution in [0.4, 0.5) is 23.7 Å². The molecule has 2 aliphatic rings. The third kappa shape index (κ3) is 8.98. The van der Waals surface area contributed by atoms with E-state index in [0.29, 0.717) is 0 Å². The van der Waals surface area contributed by atoms with Crippen LogP contribution in [0.25, 0.3) is 0 Å². The Kier molecular flexibility index (Phi) is 11.3. The van der Waals surface area contributed by atoms with Crippen molar-refractivity contribution in [1.29, 1.82) is 5.26 Å². The Morgan fingerprint density at radius 2 is 1.77 bits per heavy atom. The maximum Gasteiger partial charge on any atom is 0.416 e. The van der Waals surface area contributed by atoms with Gasteiger partial charge in [0.15, 0.2) is 15.6 Å². The first kappa shape index (κ1) is 37.2. The molecule has 16 heteroatoms. The number of sulfone groups is 1. The predicted octanol–water partition coefficient (Wildman–Crippen LogP) is 5.78. The van der Waals surface area contributed by atoms with Gasteiger partial charge < -0.3 is 14.7 Å². The topological polar surface area (TPSA) is 162 Å². The van der Waals surface area contributed by atoms with E-state index in [9.17, 15) is 51.1 Å². The van der Waals surface area contributed by atoms with Crippen LogP contribution in [0.2, 0.25) is 0 Å². The second-order valence-electron chi connectivity index (χ2n) is 11.6. The third-order valence-corrected chi connectivity index (χ3v) is 8.43. The molecule has 1 N–H and O–H groups in total. The lowest BCUT2D eigenvalue weighted by Gasteiger charge is -2.45. The van der Waals surface area contributed by atoms with Crippen LogP contribution in [0.15, 0.2) is 58.6 Å². The lowest BCUT2D eigenvalue weighted by atomic mass is 9.83. The fraction of sp³-hybridized carbons (Fsp3) is 0.387. The molecule has 0 fully saturated rings. The maximum absolute atomic E-state index is 13.8. The fourth-order valence-corrected chi connectivity index (χ4v) is 6.20. The molecule has 0 aromatic heterocycles. The molecule has 1 aliphatic carbocycles. The number of allylic oxidation sites excluding steroid dienone is 1. The van der Waals surface area contributed by atoms with Gasteiger partial charge in [-0.15, -0.1) is 0 Å². The first-order valence-corrected chi connectivity index (χ1v) is 17.0. The number of halogens is 4. The number of anilines is 1. The number of nitriles is 1. The van der Waals surface area contributed by atoms with Crippen molar-refractivity contribution in [1.82, 2.24) is 4.90 Å². The zero-order valence-electron chi connectivity index (χ0n) is 25.7. The number of aliphatic carboxylic acids is 1. The Labute approximate surface area is 277 Å². The number of amides is 2. The van der Waals surface area contributed by atoms with Gasteiger partial charge in [0.05, 0.1) is 33.8 Å². The van der Waals surface area contributed by atoms with Gasteiger partial charge >= 0.3 is 24.1 Å². The van der Waals surface area contributed by atoms with Crippen LogP contribution in [0, 0.1) is 11.3 Å². The number of Topliss-reactive ketones (excluding diaryl/α,β-unsaturated/α-hetero) is 1. The number of ketones is 1. The summed E-state index contributed by atoms with van der Waals surface area (Å²) in [4.78, 5) is 50.7. The summed E-state index contributed by atoms with van der Waals surface area (Å²) in [6, 6.07) is 6.78. The van der Waals surface area contributed by atoms with Crippen molar-refractivity contribution >= 4 is 55.2 Å². The minimum atomic E-state index is -4.73. The Morgan fingerprint density at radius 1 is 1.11 bits per heavy atom. The number of carboxylic acids is 1. The van der Waals surface area contributed by atoms with E-state index in [1.54, 1.807) is 0 Å². The van der Waals surface area contributed by atoms with E-state index in [1.165, 1.54) is 18.2 Å². The molecular weight excluding hydrogens is 711 g/mol. The number of carbonyl (C=O) groups excluding carboxylic acids is 3. The smallest absolute Gasteiger partial charge is 0.416 e. The van der Waals surface area contributed by atoms with Gasteiger partial charge in [-0.25, -0.2) is 13.2 Å². The minimum Gasteiger partial charge on any atom is -0.480 e. The molecule has 1 heterocycles. The van der Waals surface area contributed by atoms with Gasteiger partial charge in [-0.05, 0) is 69.5 Å². The molecule has 2 amide bonds. The van der Waals surface area contributed by atoms with Crippen molar-refractivity contribution in [3.8, 4) is 6.07 Å². The van der Waals surface area contributed by atoms with Gasteiger partial charge in [-0.2, -0.15) is 18.4 Å². The largest absolute Gasteiger partial charge is 0.480 e. The highest BCUT2D eigenvalue weighted by atomic mass is 79.9. The number of hydrogen-bond acceptors (Lipinski definition) is 8. The summed E-state index contributed by atoms with van der Waals surface area (Å²) >= 11 is 2.99. The van der Waals surface area contributed by atoms with Crippen LogP contribution in [0.3, 0.4) is 0 Å². The van der Waals surface area contributed by atoms with Crippen LogP contribution in [-0.2, 0) is 35.1 Å². The van der Waals surface area contributed by atoms with Gasteiger partial charge in [-0.1, -0.05) is 28.1 Å². The molecule has 2 aromatic carbocycles. The normalized spacial score (nSPS) is 17.0. The highest BCUT2D eigenvalue weighted by Crippen LogP contribution is 2.46. The molecule has 0 radical (unpaired) electrons. The number of rotatable bonds is 6. The number of nitrogens with zero attached hydrogens (tertiary/aromatic N) is 3. The monoisotopic (exact) mass is 741 g/mol. The average Bonchev–Trinajstić information content (AvgIpc) is 2.96. The Bertz CT molecular complexity index is 1780. The van der Waals surface area contributed by atoms with Gasteiger partial charge in [0.1, 0.15) is 17.5 Å². The van der Waals surface area contributed by atoms with E-state index >= 15 is 0 Å². The van der Waals surface area contributed by atoms with Crippen LogP contribution < -0.4 is 4.90 Å². The van der Waals surface area contributed by atoms with Crippen molar-refractivity contribution in [2.75, 3.05) is 23.0 Å². The number of alkyl halides is 4. The van der Waals surface area contributed by atoms with Crippen molar-refractivity contribution in [3.63, 3.8) is 0 Å². The second kappa shape index (κ2) is 14.3. The molecule has 1 atom stereocenters. The number of urea groups is 1. The molecule has 0 saturated carbocycles. The summed E-state index contributed by atoms with van der Waals surface area (Å²) in [6.07, 6.45) is -3.48. The van der Waals surface area contributed by atoms with Gasteiger partial charge in [-0.3, -0.25) is 19.3 Å². The number of carbonyl (C=O) groups is 4. The van der Waals surface area contributed by atoms with Gasteiger partial charge in [0.2, 0.25) is 0 Å². The summed E-state index contributed by atoms with van der Waals surface area (Å²) in [5.74, 6) is -2.21. The lowest BCUT2D eigenvalue weighted by Crippen LogP contribution is -2.53. The summed E-state index contributed by atoms with van der Waals surface area (Å²) in [5, 5.41) is 19.1. The van der Waals surface area contributed by atoms with Crippen molar-refractivity contribution in [2.45, 2.75) is 62.7 Å². The summed E-state index contributed by atoms with van der Waals surface area (Å²) in [5.41, 5.74) is -1.74. The van der Waals surface area contributed by atoms with E-state index in [2.05, 4.69) is 15.9 Å². The average molecular weight is 743 g/mol. The summed E-state index contributed by atoms with van der Waals surface area (Å²) in [7, 11) is -4.04. The molecule has 4 rings (SSSR count). The molecule has 252 valence electrons. The molecule has 1 unspecified atom stereocenters. The van der Waals surface area contributed by atoms with E-state index in [1.807, 2.05) is 26.8 Å². The minimum absolute atomic E-state index is 0.00531. The molecule has 2 aromatic rings. The third-order valence-electron chi connectivity index (χ3n) is 6.82. The van der Waals surface area contributed by atoms with Gasteiger partial charge in [0, 0.05) is 23.9 Å². The maximum atomic E-state index is 13.8. The fourth-order valence-electron chi connectivity index (χ4n) is 5.13. The predicted molar refractivity (Wildman–Crippen MR) is 166 cm³/mol. The first-order valence-electron chi connectivity index (χ1n) is 14.0. The molecular formula is C31H31BrF3N3O8S. The van der Waals surface area contributed by atoms with E-state index in [0.717, 1.165) is 40.3 Å². The van der Waals surface area contributed by atoms with Crippen molar-refractivity contribution in [2.24, 2.45) is 0 Å². The van der Waals surface area contributed by atoms with Crippen LogP contribution in [0.1, 0.15) is 62.8 Å². The summed E-state index contributed by atoms with van der Waals surface area (Å²) in [6.45, 7) is 4.54. The Balaban J connectivity index is 0.000000584. The molecule has 0 spiro atoms. The molecule has 47 heavy (non-hydrogen) atoms. The number of benzene rings is 2. The van der Waals surface area contributed by atoms with Crippen LogP contribution >= 0.6 is 15.9 Å². The summed E-state index contributed by atoms with van der Waals surface area (Å²) < 4.78 is 70.6. The zero-order chi connectivity index (χ0) is 35.5. The number of esters is 1. The van der Waals surface area contributed by atoms with E-state index in [4.69, 9.17) is 4.74 Å². The molecule has 1 aliphatic heterocycles. The zero-order valence-corrected chi connectivity index (χ0v) is 28.1. The van der Waals surface area contributed by atoms with E-state index < -0.39 is 51.9 Å². The SMILES string of the molecule is CC(C)(C)OC(=O)CBr.CS(=O)(=O)c1cc(C#N)ccc1C1C2=C(CCCC2=O)N(c2cccc(C(F)(F)F)c2)C(=O)N1CC(=O)O. The number of hydrogen-bond donors (Lipinski definition) is 1. The van der Waals surface area contributed by atoms with Crippen LogP contribution in [-0.4, -0.2) is 65.9 Å². The van der Waals surface area contributed by atoms with E-state index in [-0.39, 0.29) is 69.1 Å². The molecule has 0 bridgehead atoms. The standard InChI is InChI=1S/C25H20F3N3O6S.C6H11BrO2/c1-38(36,37)20-10-14(12-29)8-9-17(20)23-22-18(6-3-7-19(22)32)31(24(35)30(23)13-21(33)34)16-5-2-4-15(11-16)25(26,27)28;1-6(2,3)9-5(8)4-7/h2,4-5,8-11,23H,3,6-7,13H2,1H3,(H,33,34);4H2,1-3H3. The molecule has 0 saturated heterocycles. The second-order valence-corrected chi connectivity index (χ2v) is 14.1. The highest BCUT2D eigenvalue weighted by Gasteiger charge is 2.46. The lowest BCUT2D eigenvalue weighted by molar-refractivity contribution is -0.151. The number of carboxylic acid groups (broad SMARTS) is 1.